The molecule has 4 heteroatoms. The molecule has 0 bridgehead atoms. The number of hydrogen-bond donors (Lipinski definition) is 1. The topological polar surface area (TPSA) is 30.5 Å². The van der Waals surface area contributed by atoms with Crippen LogP contribution in [0.3, 0.4) is 0 Å². The van der Waals surface area contributed by atoms with Crippen molar-refractivity contribution in [2.24, 2.45) is 0 Å². The largest absolute Gasteiger partial charge is 0.493 e. The minimum absolute atomic E-state index is 0.213. The third-order valence-electron chi connectivity index (χ3n) is 3.67. The highest BCUT2D eigenvalue weighted by molar-refractivity contribution is 6.31. The standard InChI is InChI=1S/C16H16ClNO2/c1-19-15-7-6-10(8-16(15)20-2)14-9-11-12(17)4-3-5-13(11)18-14/h3-8,14,18H,9H2,1-2H3. The monoisotopic (exact) mass is 289 g/mol. The van der Waals surface area contributed by atoms with Gasteiger partial charge in [-0.25, -0.2) is 0 Å². The van der Waals surface area contributed by atoms with E-state index in [9.17, 15) is 0 Å². The minimum Gasteiger partial charge on any atom is -0.493 e. The lowest BCUT2D eigenvalue weighted by atomic mass is 10.0. The molecule has 1 aliphatic rings. The van der Waals surface area contributed by atoms with Crippen LogP contribution in [0.2, 0.25) is 5.02 Å². The van der Waals surface area contributed by atoms with Crippen LogP contribution in [0, 0.1) is 0 Å². The normalized spacial score (nSPS) is 16.4. The maximum atomic E-state index is 6.24. The van der Waals surface area contributed by atoms with Crippen molar-refractivity contribution in [1.29, 1.82) is 0 Å². The summed E-state index contributed by atoms with van der Waals surface area (Å²) in [5.41, 5.74) is 3.45. The van der Waals surface area contributed by atoms with Gasteiger partial charge in [0.2, 0.25) is 0 Å². The predicted molar refractivity (Wildman–Crippen MR) is 81.1 cm³/mol. The summed E-state index contributed by atoms with van der Waals surface area (Å²) in [5.74, 6) is 1.48. The number of fused-ring (bicyclic) bond motifs is 1. The summed E-state index contributed by atoms with van der Waals surface area (Å²) < 4.78 is 10.6. The summed E-state index contributed by atoms with van der Waals surface area (Å²) in [6.07, 6.45) is 0.879. The van der Waals surface area contributed by atoms with Crippen LogP contribution in [0.5, 0.6) is 11.5 Å². The molecule has 3 rings (SSSR count). The van der Waals surface area contributed by atoms with Crippen LogP contribution in [0.4, 0.5) is 5.69 Å². The van der Waals surface area contributed by atoms with E-state index in [0.717, 1.165) is 34.2 Å². The quantitative estimate of drug-likeness (QED) is 0.924. The number of halogens is 1. The van der Waals surface area contributed by atoms with E-state index in [1.165, 1.54) is 5.56 Å². The number of rotatable bonds is 3. The van der Waals surface area contributed by atoms with Crippen LogP contribution >= 0.6 is 11.6 Å². The molecule has 0 fully saturated rings. The Hall–Kier alpha value is -1.87. The van der Waals surface area contributed by atoms with Gasteiger partial charge in [0.1, 0.15) is 0 Å². The molecule has 0 spiro atoms. The number of methoxy groups -OCH3 is 2. The SMILES string of the molecule is COc1ccc(C2Cc3c(Cl)cccc3N2)cc1OC. The number of ether oxygens (including phenoxy) is 2. The van der Waals surface area contributed by atoms with Crippen LogP contribution in [0.1, 0.15) is 17.2 Å². The Kier molecular flexibility index (Phi) is 3.45. The third-order valence-corrected chi connectivity index (χ3v) is 4.02. The van der Waals surface area contributed by atoms with E-state index >= 15 is 0 Å². The van der Waals surface area contributed by atoms with Crippen molar-refractivity contribution in [3.05, 3.63) is 52.5 Å². The van der Waals surface area contributed by atoms with E-state index in [2.05, 4.69) is 17.4 Å². The van der Waals surface area contributed by atoms with Crippen molar-refractivity contribution in [3.8, 4) is 11.5 Å². The summed E-state index contributed by atoms with van der Waals surface area (Å²) in [7, 11) is 3.29. The van der Waals surface area contributed by atoms with E-state index in [0.29, 0.717) is 0 Å². The lowest BCUT2D eigenvalue weighted by Gasteiger charge is -2.14. The Morgan fingerprint density at radius 2 is 1.90 bits per heavy atom. The number of anilines is 1. The van der Waals surface area contributed by atoms with E-state index in [4.69, 9.17) is 21.1 Å². The molecular formula is C16H16ClNO2. The van der Waals surface area contributed by atoms with Crippen molar-refractivity contribution in [3.63, 3.8) is 0 Å². The summed E-state index contributed by atoms with van der Waals surface area (Å²) in [6, 6.07) is 12.2. The van der Waals surface area contributed by atoms with Crippen molar-refractivity contribution >= 4 is 17.3 Å². The van der Waals surface area contributed by atoms with Gasteiger partial charge >= 0.3 is 0 Å². The number of benzene rings is 2. The summed E-state index contributed by atoms with van der Waals surface area (Å²) in [5, 5.41) is 4.32. The molecular weight excluding hydrogens is 274 g/mol. The van der Waals surface area contributed by atoms with Crippen molar-refractivity contribution in [1.82, 2.24) is 0 Å². The highest BCUT2D eigenvalue weighted by Crippen LogP contribution is 2.40. The molecule has 2 aromatic carbocycles. The fourth-order valence-corrected chi connectivity index (χ4v) is 2.87. The van der Waals surface area contributed by atoms with Crippen molar-refractivity contribution in [2.75, 3.05) is 19.5 Å². The first-order chi connectivity index (χ1) is 9.72. The van der Waals surface area contributed by atoms with Gasteiger partial charge in [0.25, 0.3) is 0 Å². The first-order valence-corrected chi connectivity index (χ1v) is 6.86. The summed E-state index contributed by atoms with van der Waals surface area (Å²) in [6.45, 7) is 0. The van der Waals surface area contributed by atoms with Crippen molar-refractivity contribution < 1.29 is 9.47 Å². The fourth-order valence-electron chi connectivity index (χ4n) is 2.61. The second-order valence-electron chi connectivity index (χ2n) is 4.78. The zero-order valence-corrected chi connectivity index (χ0v) is 12.2. The molecule has 1 N–H and O–H groups in total. The lowest BCUT2D eigenvalue weighted by Crippen LogP contribution is -2.06. The molecule has 0 amide bonds. The number of hydrogen-bond acceptors (Lipinski definition) is 3. The van der Waals surface area contributed by atoms with E-state index in [1.54, 1.807) is 14.2 Å². The van der Waals surface area contributed by atoms with Crippen LogP contribution in [0.15, 0.2) is 36.4 Å². The van der Waals surface area contributed by atoms with Crippen LogP contribution < -0.4 is 14.8 Å². The number of nitrogens with one attached hydrogen (secondary N) is 1. The van der Waals surface area contributed by atoms with Gasteiger partial charge in [-0.1, -0.05) is 23.7 Å². The molecule has 0 aromatic heterocycles. The molecule has 1 atom stereocenters. The lowest BCUT2D eigenvalue weighted by molar-refractivity contribution is 0.354. The molecule has 0 saturated carbocycles. The molecule has 0 saturated heterocycles. The van der Waals surface area contributed by atoms with Crippen molar-refractivity contribution in [2.45, 2.75) is 12.5 Å². The molecule has 1 aliphatic heterocycles. The maximum absolute atomic E-state index is 6.24. The van der Waals surface area contributed by atoms with Crippen LogP contribution in [-0.2, 0) is 6.42 Å². The van der Waals surface area contributed by atoms with Gasteiger partial charge in [0.15, 0.2) is 11.5 Å². The molecule has 0 aliphatic carbocycles. The van der Waals surface area contributed by atoms with Gasteiger partial charge < -0.3 is 14.8 Å². The van der Waals surface area contributed by atoms with Gasteiger partial charge in [-0.2, -0.15) is 0 Å². The van der Waals surface area contributed by atoms with Crippen LogP contribution in [0.25, 0.3) is 0 Å². The highest BCUT2D eigenvalue weighted by Gasteiger charge is 2.24. The molecule has 104 valence electrons. The van der Waals surface area contributed by atoms with Gasteiger partial charge in [-0.3, -0.25) is 0 Å². The molecule has 0 radical (unpaired) electrons. The van der Waals surface area contributed by atoms with E-state index in [-0.39, 0.29) is 6.04 Å². The minimum atomic E-state index is 0.213. The molecule has 1 unspecified atom stereocenters. The van der Waals surface area contributed by atoms with Crippen LogP contribution in [-0.4, -0.2) is 14.2 Å². The second-order valence-corrected chi connectivity index (χ2v) is 5.19. The highest BCUT2D eigenvalue weighted by atomic mass is 35.5. The Labute approximate surface area is 123 Å². The first kappa shape index (κ1) is 13.1. The van der Waals surface area contributed by atoms with Gasteiger partial charge in [0, 0.05) is 17.1 Å². The second kappa shape index (κ2) is 5.25. The Morgan fingerprint density at radius 1 is 1.10 bits per heavy atom. The van der Waals surface area contributed by atoms with Gasteiger partial charge in [-0.15, -0.1) is 0 Å². The molecule has 20 heavy (non-hydrogen) atoms. The van der Waals surface area contributed by atoms with E-state index in [1.807, 2.05) is 24.3 Å². The Morgan fingerprint density at radius 3 is 2.60 bits per heavy atom. The third kappa shape index (κ3) is 2.18. The maximum Gasteiger partial charge on any atom is 0.161 e. The predicted octanol–water partition coefficient (Wildman–Crippen LogP) is 4.07. The fraction of sp³-hybridized carbons (Fsp3) is 0.250. The Balaban J connectivity index is 1.91. The summed E-state index contributed by atoms with van der Waals surface area (Å²) >= 11 is 6.24. The van der Waals surface area contributed by atoms with Gasteiger partial charge in [-0.05, 0) is 35.4 Å². The first-order valence-electron chi connectivity index (χ1n) is 6.48. The molecule has 3 nitrogen and oxygen atoms in total. The summed E-state index contributed by atoms with van der Waals surface area (Å²) in [4.78, 5) is 0. The molecule has 2 aromatic rings. The molecule has 1 heterocycles. The zero-order chi connectivity index (χ0) is 14.1. The zero-order valence-electron chi connectivity index (χ0n) is 11.4. The average molecular weight is 290 g/mol. The van der Waals surface area contributed by atoms with Gasteiger partial charge in [0.05, 0.1) is 20.3 Å². The smallest absolute Gasteiger partial charge is 0.161 e. The average Bonchev–Trinajstić information content (AvgIpc) is 2.92. The van der Waals surface area contributed by atoms with E-state index < -0.39 is 0 Å². The Bertz CT molecular complexity index is 642.